The van der Waals surface area contributed by atoms with Crippen LogP contribution in [0.15, 0.2) is 53.0 Å². The predicted octanol–water partition coefficient (Wildman–Crippen LogP) is 6.25. The van der Waals surface area contributed by atoms with E-state index in [2.05, 4.69) is 66.5 Å². The number of sulfonamides is 1. The first-order valence-corrected chi connectivity index (χ1v) is 11.5. The van der Waals surface area contributed by atoms with Gasteiger partial charge in [0.15, 0.2) is 0 Å². The fraction of sp³-hybridized carbons (Fsp3) is 0.273. The quantitative estimate of drug-likeness (QED) is 0.517. The Balaban J connectivity index is 2.40. The van der Waals surface area contributed by atoms with Crippen LogP contribution in [0.3, 0.4) is 0 Å². The number of hydrogen-bond acceptors (Lipinski definition) is 2. The molecule has 0 saturated carbocycles. The van der Waals surface area contributed by atoms with Crippen molar-refractivity contribution in [2.24, 2.45) is 0 Å². The molecule has 5 heteroatoms. The Kier molecular flexibility index (Phi) is 5.12. The zero-order valence-electron chi connectivity index (χ0n) is 16.2. The molecule has 0 aliphatic rings. The van der Waals surface area contributed by atoms with Crippen LogP contribution in [0.2, 0.25) is 0 Å². The average Bonchev–Trinajstić information content (AvgIpc) is 2.56. The summed E-state index contributed by atoms with van der Waals surface area (Å²) in [6.45, 7) is 8.57. The van der Waals surface area contributed by atoms with E-state index in [9.17, 15) is 8.42 Å². The predicted molar refractivity (Wildman–Crippen MR) is 119 cm³/mol. The number of nitrogens with one attached hydrogen (secondary N) is 1. The second kappa shape index (κ2) is 6.95. The van der Waals surface area contributed by atoms with Crippen molar-refractivity contribution < 1.29 is 8.42 Å². The maximum Gasteiger partial charge on any atom is 0.229 e. The molecule has 1 N–H and O–H groups in total. The summed E-state index contributed by atoms with van der Waals surface area (Å²) in [6.07, 6.45) is 1.19. The van der Waals surface area contributed by atoms with Gasteiger partial charge >= 0.3 is 0 Å². The van der Waals surface area contributed by atoms with Gasteiger partial charge < -0.3 is 0 Å². The fourth-order valence-corrected chi connectivity index (χ4v) is 4.38. The molecule has 0 atom stereocenters. The van der Waals surface area contributed by atoms with Crippen LogP contribution in [0.5, 0.6) is 0 Å². The molecule has 0 aliphatic carbocycles. The van der Waals surface area contributed by atoms with E-state index in [1.165, 1.54) is 11.8 Å². The molecule has 0 amide bonds. The zero-order chi connectivity index (χ0) is 20.0. The van der Waals surface area contributed by atoms with Gasteiger partial charge in [-0.2, -0.15) is 0 Å². The summed E-state index contributed by atoms with van der Waals surface area (Å²) < 4.78 is 27.9. The molecule has 0 unspecified atom stereocenters. The SMILES string of the molecule is Cc1ccc(C(C)(C)C)cc1-c1cc(Br)c2ccccc2c1NS(C)(=O)=O. The van der Waals surface area contributed by atoms with E-state index in [-0.39, 0.29) is 5.41 Å². The van der Waals surface area contributed by atoms with Gasteiger partial charge in [0, 0.05) is 15.4 Å². The first-order chi connectivity index (χ1) is 12.5. The third-order valence-corrected chi connectivity index (χ3v) is 5.91. The maximum absolute atomic E-state index is 12.1. The van der Waals surface area contributed by atoms with E-state index in [4.69, 9.17) is 0 Å². The second-order valence-electron chi connectivity index (χ2n) is 7.98. The van der Waals surface area contributed by atoms with Crippen LogP contribution in [0.4, 0.5) is 5.69 Å². The number of aryl methyl sites for hydroxylation is 1. The summed E-state index contributed by atoms with van der Waals surface area (Å²) in [5, 5.41) is 1.84. The van der Waals surface area contributed by atoms with E-state index in [0.29, 0.717) is 5.69 Å². The first-order valence-electron chi connectivity index (χ1n) is 8.78. The number of fused-ring (bicyclic) bond motifs is 1. The lowest BCUT2D eigenvalue weighted by Crippen LogP contribution is -2.13. The van der Waals surface area contributed by atoms with Crippen LogP contribution < -0.4 is 4.72 Å². The lowest BCUT2D eigenvalue weighted by atomic mass is 9.84. The molecule has 0 radical (unpaired) electrons. The molecule has 3 aromatic rings. The van der Waals surface area contributed by atoms with Crippen LogP contribution >= 0.6 is 15.9 Å². The molecule has 3 nitrogen and oxygen atoms in total. The number of benzene rings is 3. The molecule has 0 saturated heterocycles. The Hall–Kier alpha value is -1.85. The molecule has 0 aromatic heterocycles. The lowest BCUT2D eigenvalue weighted by molar-refractivity contribution is 0.590. The van der Waals surface area contributed by atoms with Gasteiger partial charge in [0.2, 0.25) is 10.0 Å². The second-order valence-corrected chi connectivity index (χ2v) is 10.6. The van der Waals surface area contributed by atoms with Crippen LogP contribution in [-0.4, -0.2) is 14.7 Å². The summed E-state index contributed by atoms with van der Waals surface area (Å²) >= 11 is 3.66. The summed E-state index contributed by atoms with van der Waals surface area (Å²) in [5.41, 5.74) is 4.82. The van der Waals surface area contributed by atoms with E-state index in [1.54, 1.807) is 0 Å². The van der Waals surface area contributed by atoms with Gasteiger partial charge in [-0.3, -0.25) is 4.72 Å². The molecule has 142 valence electrons. The minimum atomic E-state index is -3.43. The normalized spacial score (nSPS) is 12.4. The number of rotatable bonds is 3. The van der Waals surface area contributed by atoms with Crippen molar-refractivity contribution in [1.29, 1.82) is 0 Å². The van der Waals surface area contributed by atoms with E-state index in [0.717, 1.165) is 31.9 Å². The van der Waals surface area contributed by atoms with Crippen molar-refractivity contribution in [3.05, 3.63) is 64.1 Å². The van der Waals surface area contributed by atoms with Crippen molar-refractivity contribution in [2.75, 3.05) is 11.0 Å². The highest BCUT2D eigenvalue weighted by Gasteiger charge is 2.20. The van der Waals surface area contributed by atoms with Gasteiger partial charge in [0.05, 0.1) is 11.9 Å². The van der Waals surface area contributed by atoms with Crippen molar-refractivity contribution in [3.8, 4) is 11.1 Å². The van der Waals surface area contributed by atoms with Gasteiger partial charge in [0.1, 0.15) is 0 Å². The molecular weight excluding hydrogens is 422 g/mol. The minimum absolute atomic E-state index is 0.000947. The summed E-state index contributed by atoms with van der Waals surface area (Å²) in [5.74, 6) is 0. The topological polar surface area (TPSA) is 46.2 Å². The maximum atomic E-state index is 12.1. The van der Waals surface area contributed by atoms with Crippen molar-refractivity contribution >= 4 is 42.4 Å². The molecule has 3 aromatic carbocycles. The van der Waals surface area contributed by atoms with Gasteiger partial charge in [0.25, 0.3) is 0 Å². The van der Waals surface area contributed by atoms with Crippen LogP contribution in [0, 0.1) is 6.92 Å². The fourth-order valence-electron chi connectivity index (χ4n) is 3.22. The van der Waals surface area contributed by atoms with Crippen molar-refractivity contribution in [2.45, 2.75) is 33.1 Å². The standard InChI is InChI=1S/C22H24BrNO2S/c1-14-10-11-15(22(2,3)4)12-18(14)19-13-20(23)16-8-6-7-9-17(16)21(19)24-27(5,25)26/h6-13,24H,1-5H3. The molecule has 0 spiro atoms. The van der Waals surface area contributed by atoms with Gasteiger partial charge in [-0.1, -0.05) is 79.2 Å². The zero-order valence-corrected chi connectivity index (χ0v) is 18.6. The monoisotopic (exact) mass is 445 g/mol. The highest BCUT2D eigenvalue weighted by atomic mass is 79.9. The third-order valence-electron chi connectivity index (χ3n) is 4.68. The lowest BCUT2D eigenvalue weighted by Gasteiger charge is -2.22. The molecule has 27 heavy (non-hydrogen) atoms. The highest BCUT2D eigenvalue weighted by Crippen LogP contribution is 2.41. The largest absolute Gasteiger partial charge is 0.283 e. The molecular formula is C22H24BrNO2S. The number of halogens is 1. The third kappa shape index (κ3) is 4.19. The van der Waals surface area contributed by atoms with Crippen LogP contribution in [-0.2, 0) is 15.4 Å². The van der Waals surface area contributed by atoms with Crippen molar-refractivity contribution in [3.63, 3.8) is 0 Å². The molecule has 0 bridgehead atoms. The average molecular weight is 446 g/mol. The Morgan fingerprint density at radius 3 is 2.15 bits per heavy atom. The Labute approximate surface area is 170 Å². The van der Waals surface area contributed by atoms with Crippen LogP contribution in [0.25, 0.3) is 21.9 Å². The minimum Gasteiger partial charge on any atom is -0.283 e. The van der Waals surface area contributed by atoms with Crippen LogP contribution in [0.1, 0.15) is 31.9 Å². The smallest absolute Gasteiger partial charge is 0.229 e. The van der Waals surface area contributed by atoms with Crippen molar-refractivity contribution in [1.82, 2.24) is 0 Å². The Morgan fingerprint density at radius 2 is 1.56 bits per heavy atom. The highest BCUT2D eigenvalue weighted by molar-refractivity contribution is 9.10. The summed E-state index contributed by atoms with van der Waals surface area (Å²) in [4.78, 5) is 0. The molecule has 3 rings (SSSR count). The molecule has 0 aliphatic heterocycles. The van der Waals surface area contributed by atoms with E-state index >= 15 is 0 Å². The summed E-state index contributed by atoms with van der Waals surface area (Å²) in [7, 11) is -3.43. The van der Waals surface area contributed by atoms with Gasteiger partial charge in [-0.05, 0) is 40.5 Å². The summed E-state index contributed by atoms with van der Waals surface area (Å²) in [6, 6.07) is 16.2. The molecule has 0 fully saturated rings. The first kappa shape index (κ1) is 19.9. The van der Waals surface area contributed by atoms with E-state index in [1.807, 2.05) is 30.3 Å². The van der Waals surface area contributed by atoms with E-state index < -0.39 is 10.0 Å². The number of anilines is 1. The Morgan fingerprint density at radius 1 is 0.926 bits per heavy atom. The van der Waals surface area contributed by atoms with Gasteiger partial charge in [-0.25, -0.2) is 8.42 Å². The van der Waals surface area contributed by atoms with Gasteiger partial charge in [-0.15, -0.1) is 0 Å². The number of hydrogen-bond donors (Lipinski definition) is 1. The molecule has 0 heterocycles. The Bertz CT molecular complexity index is 1130.